The molecule has 1 aromatic heterocycles. The van der Waals surface area contributed by atoms with Crippen LogP contribution in [0.15, 0.2) is 0 Å². The summed E-state index contributed by atoms with van der Waals surface area (Å²) in [7, 11) is 1.92. The molecule has 0 spiro atoms. The van der Waals surface area contributed by atoms with Crippen LogP contribution >= 0.6 is 0 Å². The number of halogens is 1. The zero-order valence-corrected chi connectivity index (χ0v) is 16.4. The molecular weight excluding hydrogens is 367 g/mol. The standard InChI is InChI=1S/C18H27FN6O3/c1-10(2)24(3)9-16(26)25-5-4-13-11(8-25)15(23-22-13)7-20-18(28)14-6-12(19)17(27)21-14/h10,12,14H,4-9H2,1-3H3,(H,20,28)(H,21,27)(H,22,23)/t12-,14-/m0/s1. The van der Waals surface area contributed by atoms with E-state index >= 15 is 0 Å². The molecule has 1 fully saturated rings. The highest BCUT2D eigenvalue weighted by Crippen LogP contribution is 2.21. The van der Waals surface area contributed by atoms with E-state index in [1.165, 1.54) is 0 Å². The van der Waals surface area contributed by atoms with E-state index in [1.807, 2.05) is 25.8 Å². The summed E-state index contributed by atoms with van der Waals surface area (Å²) in [5.74, 6) is -1.13. The number of hydrogen-bond acceptors (Lipinski definition) is 5. The largest absolute Gasteiger partial charge is 0.349 e. The summed E-state index contributed by atoms with van der Waals surface area (Å²) in [6.45, 7) is 5.64. The Kier molecular flexibility index (Phi) is 5.97. The van der Waals surface area contributed by atoms with E-state index in [2.05, 4.69) is 20.8 Å². The molecule has 2 aliphatic rings. The van der Waals surface area contributed by atoms with E-state index in [9.17, 15) is 18.8 Å². The summed E-state index contributed by atoms with van der Waals surface area (Å²) in [5, 5.41) is 12.3. The van der Waals surface area contributed by atoms with Crippen LogP contribution in [0.5, 0.6) is 0 Å². The van der Waals surface area contributed by atoms with Gasteiger partial charge in [0.1, 0.15) is 6.04 Å². The van der Waals surface area contributed by atoms with Gasteiger partial charge in [-0.3, -0.25) is 24.4 Å². The van der Waals surface area contributed by atoms with Crippen LogP contribution in [0, 0.1) is 0 Å². The maximum absolute atomic E-state index is 13.3. The van der Waals surface area contributed by atoms with Gasteiger partial charge in [-0.15, -0.1) is 0 Å². The molecule has 3 N–H and O–H groups in total. The molecule has 0 unspecified atom stereocenters. The molecule has 154 valence electrons. The van der Waals surface area contributed by atoms with Gasteiger partial charge >= 0.3 is 0 Å². The summed E-state index contributed by atoms with van der Waals surface area (Å²) in [6.07, 6.45) is -1.12. The average molecular weight is 394 g/mol. The van der Waals surface area contributed by atoms with Crippen LogP contribution in [-0.2, 0) is 33.9 Å². The first-order valence-electron chi connectivity index (χ1n) is 9.51. The lowest BCUT2D eigenvalue weighted by Crippen LogP contribution is -2.43. The van der Waals surface area contributed by atoms with Gasteiger partial charge in [-0.25, -0.2) is 4.39 Å². The highest BCUT2D eigenvalue weighted by atomic mass is 19.1. The van der Waals surface area contributed by atoms with Crippen LogP contribution in [0.25, 0.3) is 0 Å². The molecular formula is C18H27FN6O3. The molecule has 0 saturated carbocycles. The highest BCUT2D eigenvalue weighted by molar-refractivity contribution is 5.93. The number of alkyl halides is 1. The number of nitrogens with zero attached hydrogens (tertiary/aromatic N) is 3. The van der Waals surface area contributed by atoms with Crippen molar-refractivity contribution in [3.05, 3.63) is 17.0 Å². The zero-order chi connectivity index (χ0) is 20.4. The smallest absolute Gasteiger partial charge is 0.255 e. The van der Waals surface area contributed by atoms with Gasteiger partial charge in [0.05, 0.1) is 18.8 Å². The quantitative estimate of drug-likeness (QED) is 0.601. The Balaban J connectivity index is 1.58. The number of rotatable bonds is 6. The van der Waals surface area contributed by atoms with Crippen molar-refractivity contribution in [2.24, 2.45) is 0 Å². The highest BCUT2D eigenvalue weighted by Gasteiger charge is 2.36. The van der Waals surface area contributed by atoms with Gasteiger partial charge in [-0.1, -0.05) is 0 Å². The summed E-state index contributed by atoms with van der Waals surface area (Å²) in [6, 6.07) is -0.578. The van der Waals surface area contributed by atoms with Crippen LogP contribution < -0.4 is 10.6 Å². The third-order valence-electron chi connectivity index (χ3n) is 5.43. The molecule has 0 bridgehead atoms. The van der Waals surface area contributed by atoms with E-state index in [0.717, 1.165) is 11.3 Å². The topological polar surface area (TPSA) is 110 Å². The Morgan fingerprint density at radius 2 is 2.18 bits per heavy atom. The van der Waals surface area contributed by atoms with E-state index in [4.69, 9.17) is 0 Å². The molecule has 0 aromatic carbocycles. The molecule has 3 amide bonds. The van der Waals surface area contributed by atoms with Gasteiger partial charge in [0.25, 0.3) is 5.91 Å². The SMILES string of the molecule is CC(C)N(C)CC(=O)N1CCc2[nH]nc(CNC(=O)[C@@H]3C[C@H](F)C(=O)N3)c2C1. The molecule has 10 heteroatoms. The molecule has 28 heavy (non-hydrogen) atoms. The molecule has 1 aromatic rings. The molecule has 0 aliphatic carbocycles. The number of carbonyl (C=O) groups excluding carboxylic acids is 3. The van der Waals surface area contributed by atoms with Crippen molar-refractivity contribution in [3.8, 4) is 0 Å². The van der Waals surface area contributed by atoms with E-state index in [0.29, 0.717) is 31.7 Å². The molecule has 0 radical (unpaired) electrons. The van der Waals surface area contributed by atoms with Crippen molar-refractivity contribution >= 4 is 17.7 Å². The average Bonchev–Trinajstić information content (AvgIpc) is 3.22. The monoisotopic (exact) mass is 394 g/mol. The Morgan fingerprint density at radius 1 is 1.43 bits per heavy atom. The molecule has 3 rings (SSSR count). The van der Waals surface area contributed by atoms with Crippen LogP contribution in [0.3, 0.4) is 0 Å². The second kappa shape index (κ2) is 8.26. The maximum atomic E-state index is 13.3. The van der Waals surface area contributed by atoms with Crippen LogP contribution in [0.2, 0.25) is 0 Å². The van der Waals surface area contributed by atoms with Gasteiger partial charge < -0.3 is 15.5 Å². The third-order valence-corrected chi connectivity index (χ3v) is 5.43. The van der Waals surface area contributed by atoms with Crippen LogP contribution in [0.4, 0.5) is 4.39 Å². The summed E-state index contributed by atoms with van der Waals surface area (Å²) in [4.78, 5) is 39.7. The van der Waals surface area contributed by atoms with Crippen molar-refractivity contribution in [2.75, 3.05) is 20.1 Å². The number of nitrogens with one attached hydrogen (secondary N) is 3. The number of carbonyl (C=O) groups is 3. The fraction of sp³-hybridized carbons (Fsp3) is 0.667. The van der Waals surface area contributed by atoms with Crippen molar-refractivity contribution in [1.29, 1.82) is 0 Å². The molecule has 9 nitrogen and oxygen atoms in total. The number of hydrogen-bond donors (Lipinski definition) is 3. The first kappa shape index (κ1) is 20.2. The zero-order valence-electron chi connectivity index (χ0n) is 16.4. The second-order valence-electron chi connectivity index (χ2n) is 7.68. The van der Waals surface area contributed by atoms with Crippen LogP contribution in [-0.4, -0.2) is 76.1 Å². The Bertz CT molecular complexity index is 765. The maximum Gasteiger partial charge on any atom is 0.255 e. The Hall–Kier alpha value is -2.49. The lowest BCUT2D eigenvalue weighted by molar-refractivity contribution is -0.133. The fourth-order valence-corrected chi connectivity index (χ4v) is 3.31. The minimum atomic E-state index is -1.64. The van der Waals surface area contributed by atoms with E-state index in [-0.39, 0.29) is 24.9 Å². The summed E-state index contributed by atoms with van der Waals surface area (Å²) in [5.41, 5.74) is 2.52. The van der Waals surface area contributed by atoms with E-state index < -0.39 is 24.0 Å². The lowest BCUT2D eigenvalue weighted by atomic mass is 10.0. The van der Waals surface area contributed by atoms with Gasteiger partial charge in [0.2, 0.25) is 11.8 Å². The number of aromatic nitrogens is 2. The van der Waals surface area contributed by atoms with Gasteiger partial charge in [-0.2, -0.15) is 5.10 Å². The minimum Gasteiger partial charge on any atom is -0.349 e. The molecule has 2 atom stereocenters. The number of aromatic amines is 1. The predicted molar refractivity (Wildman–Crippen MR) is 98.8 cm³/mol. The first-order chi connectivity index (χ1) is 13.3. The van der Waals surface area contributed by atoms with Crippen molar-refractivity contribution < 1.29 is 18.8 Å². The fourth-order valence-electron chi connectivity index (χ4n) is 3.31. The van der Waals surface area contributed by atoms with Crippen LogP contribution in [0.1, 0.15) is 37.2 Å². The summed E-state index contributed by atoms with van der Waals surface area (Å²) >= 11 is 0. The molecule has 1 saturated heterocycles. The molecule has 2 aliphatic heterocycles. The predicted octanol–water partition coefficient (Wildman–Crippen LogP) is -0.523. The van der Waals surface area contributed by atoms with Gasteiger partial charge in [-0.05, 0) is 20.9 Å². The normalized spacial score (nSPS) is 21.8. The summed E-state index contributed by atoms with van der Waals surface area (Å²) < 4.78 is 13.3. The Labute approximate surface area is 163 Å². The van der Waals surface area contributed by atoms with Crippen molar-refractivity contribution in [1.82, 2.24) is 30.6 Å². The third kappa shape index (κ3) is 4.32. The lowest BCUT2D eigenvalue weighted by Gasteiger charge is -2.30. The molecule has 3 heterocycles. The van der Waals surface area contributed by atoms with Crippen molar-refractivity contribution in [2.45, 2.75) is 58.0 Å². The van der Waals surface area contributed by atoms with Gasteiger partial charge in [0.15, 0.2) is 6.17 Å². The number of H-pyrrole nitrogens is 1. The minimum absolute atomic E-state index is 0.0562. The second-order valence-corrected chi connectivity index (χ2v) is 7.68. The number of amides is 3. The Morgan fingerprint density at radius 3 is 2.82 bits per heavy atom. The first-order valence-corrected chi connectivity index (χ1v) is 9.51. The van der Waals surface area contributed by atoms with Gasteiger partial charge in [0, 0.05) is 43.2 Å². The number of fused-ring (bicyclic) bond motifs is 1. The van der Waals surface area contributed by atoms with Crippen molar-refractivity contribution in [3.63, 3.8) is 0 Å². The number of likely N-dealkylation sites (N-methyl/N-ethyl adjacent to an activating group) is 1. The van der Waals surface area contributed by atoms with E-state index in [1.54, 1.807) is 4.90 Å².